The maximum absolute atomic E-state index is 11.5. The molecule has 0 heterocycles. The minimum absolute atomic E-state index is 0.217. The zero-order valence-electron chi connectivity index (χ0n) is 9.95. The molecule has 0 aliphatic heterocycles. The van der Waals surface area contributed by atoms with E-state index in [0.717, 1.165) is 0 Å². The number of rotatable bonds is 4. The lowest BCUT2D eigenvalue weighted by Crippen LogP contribution is -2.33. The summed E-state index contributed by atoms with van der Waals surface area (Å²) in [5.74, 6) is -0.0733. The van der Waals surface area contributed by atoms with Gasteiger partial charge in [0.1, 0.15) is 12.3 Å². The molecule has 0 aliphatic rings. The van der Waals surface area contributed by atoms with Gasteiger partial charge >= 0.3 is 12.0 Å². The molecule has 0 aromatic heterocycles. The Balaban J connectivity index is 2.63. The second-order valence-electron chi connectivity index (χ2n) is 3.23. The Morgan fingerprint density at radius 2 is 2.06 bits per heavy atom. The van der Waals surface area contributed by atoms with Crippen LogP contribution in [-0.4, -0.2) is 32.8 Å². The van der Waals surface area contributed by atoms with E-state index in [4.69, 9.17) is 16.3 Å². The smallest absolute Gasteiger partial charge is 0.325 e. The zero-order valence-corrected chi connectivity index (χ0v) is 10.7. The van der Waals surface area contributed by atoms with Crippen LogP contribution in [0.5, 0.6) is 5.75 Å². The molecule has 7 heteroatoms. The van der Waals surface area contributed by atoms with Crippen LogP contribution >= 0.6 is 11.6 Å². The monoisotopic (exact) mass is 272 g/mol. The third kappa shape index (κ3) is 4.14. The first-order valence-corrected chi connectivity index (χ1v) is 5.40. The van der Waals surface area contributed by atoms with Crippen molar-refractivity contribution in [1.29, 1.82) is 0 Å². The summed E-state index contributed by atoms with van der Waals surface area (Å²) in [6.45, 7) is -0.217. The summed E-state index contributed by atoms with van der Waals surface area (Å²) in [7, 11) is 2.71. The molecule has 0 spiro atoms. The fourth-order valence-electron chi connectivity index (χ4n) is 1.17. The number of hydrogen-bond acceptors (Lipinski definition) is 4. The number of esters is 1. The Morgan fingerprint density at radius 1 is 1.33 bits per heavy atom. The van der Waals surface area contributed by atoms with E-state index in [1.54, 1.807) is 12.1 Å². The topological polar surface area (TPSA) is 76.7 Å². The molecule has 0 radical (unpaired) electrons. The lowest BCUT2D eigenvalue weighted by molar-refractivity contribution is -0.139. The van der Waals surface area contributed by atoms with Crippen LogP contribution < -0.4 is 15.4 Å². The van der Waals surface area contributed by atoms with Gasteiger partial charge in [-0.1, -0.05) is 11.6 Å². The molecule has 0 aliphatic carbocycles. The fourth-order valence-corrected chi connectivity index (χ4v) is 1.34. The van der Waals surface area contributed by atoms with E-state index >= 15 is 0 Å². The highest BCUT2D eigenvalue weighted by Crippen LogP contribution is 2.27. The van der Waals surface area contributed by atoms with Crippen molar-refractivity contribution in [2.75, 3.05) is 26.1 Å². The number of halogens is 1. The molecule has 1 aromatic carbocycles. The number of urea groups is 1. The highest BCUT2D eigenvalue weighted by atomic mass is 35.5. The van der Waals surface area contributed by atoms with Gasteiger partial charge in [-0.3, -0.25) is 4.79 Å². The Morgan fingerprint density at radius 3 is 2.67 bits per heavy atom. The van der Waals surface area contributed by atoms with Crippen molar-refractivity contribution in [2.45, 2.75) is 0 Å². The highest BCUT2D eigenvalue weighted by Gasteiger charge is 2.09. The van der Waals surface area contributed by atoms with Crippen molar-refractivity contribution in [3.05, 3.63) is 23.2 Å². The van der Waals surface area contributed by atoms with Crippen LogP contribution in [0.25, 0.3) is 0 Å². The summed E-state index contributed by atoms with van der Waals surface area (Å²) in [6, 6.07) is 4.25. The number of methoxy groups -OCH3 is 2. The van der Waals surface area contributed by atoms with Crippen molar-refractivity contribution in [3.63, 3.8) is 0 Å². The average Bonchev–Trinajstić information content (AvgIpc) is 2.36. The van der Waals surface area contributed by atoms with Crippen molar-refractivity contribution < 1.29 is 19.1 Å². The number of ether oxygens (including phenoxy) is 2. The predicted octanol–water partition coefficient (Wildman–Crippen LogP) is 1.64. The Labute approximate surface area is 109 Å². The Kier molecular flexibility index (Phi) is 5.26. The Bertz CT molecular complexity index is 451. The third-order valence-corrected chi connectivity index (χ3v) is 2.27. The molecular formula is C11H13ClN2O4. The first-order valence-electron chi connectivity index (χ1n) is 5.02. The largest absolute Gasteiger partial charge is 0.495 e. The molecule has 18 heavy (non-hydrogen) atoms. The van der Waals surface area contributed by atoms with Gasteiger partial charge in [-0.15, -0.1) is 0 Å². The minimum atomic E-state index is -0.555. The van der Waals surface area contributed by atoms with Crippen LogP contribution in [0.3, 0.4) is 0 Å². The van der Waals surface area contributed by atoms with Gasteiger partial charge in [0, 0.05) is 5.02 Å². The molecule has 0 saturated heterocycles. The van der Waals surface area contributed by atoms with Crippen LogP contribution in [0.15, 0.2) is 18.2 Å². The van der Waals surface area contributed by atoms with Gasteiger partial charge in [0.05, 0.1) is 19.9 Å². The molecule has 2 amide bonds. The van der Waals surface area contributed by atoms with Gasteiger partial charge in [-0.05, 0) is 18.2 Å². The number of benzene rings is 1. The molecule has 2 N–H and O–H groups in total. The quantitative estimate of drug-likeness (QED) is 0.817. The highest BCUT2D eigenvalue weighted by molar-refractivity contribution is 6.31. The van der Waals surface area contributed by atoms with Crippen molar-refractivity contribution in [2.24, 2.45) is 0 Å². The number of anilines is 1. The lowest BCUT2D eigenvalue weighted by atomic mass is 10.3. The van der Waals surface area contributed by atoms with Gasteiger partial charge in [0.15, 0.2) is 0 Å². The van der Waals surface area contributed by atoms with Crippen molar-refractivity contribution >= 4 is 29.3 Å². The van der Waals surface area contributed by atoms with Crippen LogP contribution in [0.1, 0.15) is 0 Å². The predicted molar refractivity (Wildman–Crippen MR) is 67.0 cm³/mol. The SMILES string of the molecule is COC(=O)CNC(=O)Nc1cc(Cl)ccc1OC. The number of carbonyl (C=O) groups is 2. The van der Waals surface area contributed by atoms with Gasteiger partial charge < -0.3 is 20.1 Å². The second kappa shape index (κ2) is 6.70. The standard InChI is InChI=1S/C11H13ClN2O4/c1-17-9-4-3-7(12)5-8(9)14-11(16)13-6-10(15)18-2/h3-5H,6H2,1-2H3,(H2,13,14,16). The van der Waals surface area contributed by atoms with Gasteiger partial charge in [-0.25, -0.2) is 4.79 Å². The van der Waals surface area contributed by atoms with Crippen LogP contribution in [0.4, 0.5) is 10.5 Å². The fraction of sp³-hybridized carbons (Fsp3) is 0.273. The summed E-state index contributed by atoms with van der Waals surface area (Å²) in [5.41, 5.74) is 0.410. The lowest BCUT2D eigenvalue weighted by Gasteiger charge is -2.11. The molecule has 0 bridgehead atoms. The molecular weight excluding hydrogens is 260 g/mol. The minimum Gasteiger partial charge on any atom is -0.495 e. The van der Waals surface area contributed by atoms with Crippen molar-refractivity contribution in [3.8, 4) is 5.75 Å². The van der Waals surface area contributed by atoms with Gasteiger partial charge in [0.25, 0.3) is 0 Å². The molecule has 1 rings (SSSR count). The number of nitrogens with one attached hydrogen (secondary N) is 2. The molecule has 98 valence electrons. The summed E-state index contributed by atoms with van der Waals surface area (Å²) < 4.78 is 9.44. The van der Waals surface area contributed by atoms with Gasteiger partial charge in [-0.2, -0.15) is 0 Å². The Hall–Kier alpha value is -1.95. The van der Waals surface area contributed by atoms with E-state index in [2.05, 4.69) is 15.4 Å². The maximum Gasteiger partial charge on any atom is 0.325 e. The summed E-state index contributed by atoms with van der Waals surface area (Å²) >= 11 is 5.81. The summed E-state index contributed by atoms with van der Waals surface area (Å²) in [4.78, 5) is 22.3. The first kappa shape index (κ1) is 14.1. The molecule has 1 aromatic rings. The van der Waals surface area contributed by atoms with Crippen molar-refractivity contribution in [1.82, 2.24) is 5.32 Å². The molecule has 6 nitrogen and oxygen atoms in total. The normalized spacial score (nSPS) is 9.50. The molecule has 0 fully saturated rings. The number of hydrogen-bond donors (Lipinski definition) is 2. The summed E-state index contributed by atoms with van der Waals surface area (Å²) in [6.07, 6.45) is 0. The van der Waals surface area contributed by atoms with E-state index in [0.29, 0.717) is 16.5 Å². The maximum atomic E-state index is 11.5. The van der Waals surface area contributed by atoms with Gasteiger partial charge in [0.2, 0.25) is 0 Å². The van der Waals surface area contributed by atoms with E-state index in [-0.39, 0.29) is 6.54 Å². The third-order valence-electron chi connectivity index (χ3n) is 2.03. The van der Waals surface area contributed by atoms with Crippen LogP contribution in [0, 0.1) is 0 Å². The first-order chi connectivity index (χ1) is 8.56. The number of amides is 2. The van der Waals surface area contributed by atoms with E-state index in [1.165, 1.54) is 20.3 Å². The van der Waals surface area contributed by atoms with Crippen LogP contribution in [0.2, 0.25) is 5.02 Å². The number of carbonyl (C=O) groups excluding carboxylic acids is 2. The second-order valence-corrected chi connectivity index (χ2v) is 3.66. The van der Waals surface area contributed by atoms with E-state index in [1.807, 2.05) is 0 Å². The zero-order chi connectivity index (χ0) is 13.5. The molecule has 0 atom stereocenters. The summed E-state index contributed by atoms with van der Waals surface area (Å²) in [5, 5.41) is 5.30. The average molecular weight is 273 g/mol. The van der Waals surface area contributed by atoms with E-state index < -0.39 is 12.0 Å². The molecule has 0 saturated carbocycles. The molecule has 0 unspecified atom stereocenters. The van der Waals surface area contributed by atoms with Crippen LogP contribution in [-0.2, 0) is 9.53 Å². The van der Waals surface area contributed by atoms with E-state index in [9.17, 15) is 9.59 Å².